The second kappa shape index (κ2) is 5.49. The molecule has 2 rings (SSSR count). The van der Waals surface area contributed by atoms with Gasteiger partial charge in [0.15, 0.2) is 0 Å². The molecule has 2 heterocycles. The smallest absolute Gasteiger partial charge is 0.130 e. The molecule has 0 spiro atoms. The fraction of sp³-hybridized carbons (Fsp3) is 0.545. The minimum Gasteiger partial charge on any atom is -0.309 e. The number of H-pyrrole nitrogens is 1. The summed E-state index contributed by atoms with van der Waals surface area (Å²) < 4.78 is 1.69. The number of likely N-dealkylation sites (N-methyl/N-ethyl adjacent to an activating group) is 1. The third kappa shape index (κ3) is 2.54. The van der Waals surface area contributed by atoms with E-state index in [2.05, 4.69) is 32.7 Å². The summed E-state index contributed by atoms with van der Waals surface area (Å²) in [6.45, 7) is 4.88. The van der Waals surface area contributed by atoms with Crippen molar-refractivity contribution < 1.29 is 0 Å². The molecule has 0 amide bonds. The fourth-order valence-corrected chi connectivity index (χ4v) is 2.27. The van der Waals surface area contributed by atoms with E-state index in [1.165, 1.54) is 0 Å². The van der Waals surface area contributed by atoms with Crippen LogP contribution in [0.1, 0.15) is 29.9 Å². The van der Waals surface area contributed by atoms with Crippen LogP contribution in [0.2, 0.25) is 5.15 Å². The lowest BCUT2D eigenvalue weighted by molar-refractivity contribution is 0.534. The van der Waals surface area contributed by atoms with Gasteiger partial charge in [-0.05, 0) is 19.9 Å². The van der Waals surface area contributed by atoms with Gasteiger partial charge < -0.3 is 5.32 Å². The monoisotopic (exact) mass is 268 g/mol. The number of nitrogens with zero attached hydrogens (tertiary/aromatic N) is 4. The van der Waals surface area contributed by atoms with Gasteiger partial charge in [0.25, 0.3) is 0 Å². The van der Waals surface area contributed by atoms with E-state index in [0.29, 0.717) is 5.15 Å². The van der Waals surface area contributed by atoms with Gasteiger partial charge in [0, 0.05) is 12.6 Å². The number of hydrogen-bond donors (Lipinski definition) is 2. The Bertz CT molecular complexity index is 504. The van der Waals surface area contributed by atoms with Gasteiger partial charge >= 0.3 is 0 Å². The Morgan fingerprint density at radius 1 is 1.56 bits per heavy atom. The zero-order valence-electron chi connectivity index (χ0n) is 10.7. The minimum atomic E-state index is 0.0918. The standard InChI is InChI=1S/C11H17ClN6/c1-4-13-9(10-6-14-17-15-10)5-8-7(2)16-18(3)11(8)12/h6,9,13H,4-5H2,1-3H3,(H,14,15,17). The van der Waals surface area contributed by atoms with Gasteiger partial charge in [0.05, 0.1) is 23.6 Å². The summed E-state index contributed by atoms with van der Waals surface area (Å²) in [7, 11) is 1.84. The van der Waals surface area contributed by atoms with E-state index in [4.69, 9.17) is 11.6 Å². The van der Waals surface area contributed by atoms with Crippen molar-refractivity contribution in [2.75, 3.05) is 6.54 Å². The molecular weight excluding hydrogens is 252 g/mol. The molecule has 0 aliphatic carbocycles. The van der Waals surface area contributed by atoms with Gasteiger partial charge in [-0.1, -0.05) is 18.5 Å². The summed E-state index contributed by atoms with van der Waals surface area (Å²) in [6, 6.07) is 0.0918. The molecule has 1 unspecified atom stereocenters. The first-order valence-corrected chi connectivity index (χ1v) is 6.28. The molecule has 0 aliphatic rings. The maximum atomic E-state index is 6.25. The van der Waals surface area contributed by atoms with Crippen molar-refractivity contribution in [3.8, 4) is 0 Å². The summed E-state index contributed by atoms with van der Waals surface area (Å²) >= 11 is 6.25. The van der Waals surface area contributed by atoms with Crippen LogP contribution in [0.25, 0.3) is 0 Å². The molecule has 2 N–H and O–H groups in total. The van der Waals surface area contributed by atoms with Gasteiger partial charge in [0.1, 0.15) is 5.15 Å². The molecule has 2 aromatic rings. The highest BCUT2D eigenvalue weighted by molar-refractivity contribution is 6.30. The van der Waals surface area contributed by atoms with Crippen LogP contribution in [0.4, 0.5) is 0 Å². The first kappa shape index (κ1) is 13.0. The average molecular weight is 269 g/mol. The lowest BCUT2D eigenvalue weighted by Gasteiger charge is -2.14. The molecule has 0 fully saturated rings. The SMILES string of the molecule is CCNC(Cc1c(C)nn(C)c1Cl)c1cn[nH]n1. The third-order valence-corrected chi connectivity index (χ3v) is 3.39. The number of aromatic nitrogens is 5. The van der Waals surface area contributed by atoms with Crippen LogP contribution < -0.4 is 5.32 Å². The number of rotatable bonds is 5. The van der Waals surface area contributed by atoms with Crippen molar-refractivity contribution >= 4 is 11.6 Å². The molecule has 0 aliphatic heterocycles. The summed E-state index contributed by atoms with van der Waals surface area (Å²) in [5.74, 6) is 0. The van der Waals surface area contributed by atoms with Gasteiger partial charge in [-0.3, -0.25) is 4.68 Å². The Labute approximate surface area is 111 Å². The summed E-state index contributed by atoms with van der Waals surface area (Å²) in [6.07, 6.45) is 2.48. The molecule has 2 aromatic heterocycles. The zero-order valence-corrected chi connectivity index (χ0v) is 11.5. The first-order valence-electron chi connectivity index (χ1n) is 5.90. The lowest BCUT2D eigenvalue weighted by Crippen LogP contribution is -2.23. The molecule has 18 heavy (non-hydrogen) atoms. The topological polar surface area (TPSA) is 71.4 Å². The van der Waals surface area contributed by atoms with Crippen molar-refractivity contribution in [1.82, 2.24) is 30.5 Å². The number of halogens is 1. The molecule has 1 atom stereocenters. The predicted molar refractivity (Wildman–Crippen MR) is 69.5 cm³/mol. The maximum absolute atomic E-state index is 6.25. The summed E-state index contributed by atoms with van der Waals surface area (Å²) in [4.78, 5) is 0. The van der Waals surface area contributed by atoms with Crippen molar-refractivity contribution in [2.24, 2.45) is 7.05 Å². The maximum Gasteiger partial charge on any atom is 0.130 e. The molecule has 0 radical (unpaired) electrons. The molecule has 0 saturated heterocycles. The highest BCUT2D eigenvalue weighted by Gasteiger charge is 2.19. The van der Waals surface area contributed by atoms with Crippen LogP contribution >= 0.6 is 11.6 Å². The highest BCUT2D eigenvalue weighted by Crippen LogP contribution is 2.24. The number of hydrogen-bond acceptors (Lipinski definition) is 4. The zero-order chi connectivity index (χ0) is 13.1. The second-order valence-corrected chi connectivity index (χ2v) is 4.55. The Hall–Kier alpha value is -1.40. The van der Waals surface area contributed by atoms with Crippen molar-refractivity contribution in [3.05, 3.63) is 28.3 Å². The molecule has 6 nitrogen and oxygen atoms in total. The molecule has 0 bridgehead atoms. The van der Waals surface area contributed by atoms with Crippen molar-refractivity contribution in [3.63, 3.8) is 0 Å². The first-order chi connectivity index (χ1) is 8.63. The van der Waals surface area contributed by atoms with Gasteiger partial charge in [-0.15, -0.1) is 0 Å². The van der Waals surface area contributed by atoms with Gasteiger partial charge in [0.2, 0.25) is 0 Å². The van der Waals surface area contributed by atoms with E-state index in [-0.39, 0.29) is 6.04 Å². The highest BCUT2D eigenvalue weighted by atomic mass is 35.5. The van der Waals surface area contributed by atoms with E-state index < -0.39 is 0 Å². The van der Waals surface area contributed by atoms with Gasteiger partial charge in [-0.25, -0.2) is 0 Å². The third-order valence-electron chi connectivity index (χ3n) is 2.92. The molecule has 7 heteroatoms. The number of aryl methyl sites for hydroxylation is 2. The van der Waals surface area contributed by atoms with E-state index in [9.17, 15) is 0 Å². The Balaban J connectivity index is 2.24. The molecule has 0 saturated carbocycles. The summed E-state index contributed by atoms with van der Waals surface area (Å²) in [5, 5.41) is 19.0. The second-order valence-electron chi connectivity index (χ2n) is 4.19. The van der Waals surface area contributed by atoms with Crippen LogP contribution in [0.5, 0.6) is 0 Å². The number of aromatic amines is 1. The van der Waals surface area contributed by atoms with Crippen LogP contribution in [-0.4, -0.2) is 31.7 Å². The van der Waals surface area contributed by atoms with E-state index in [1.807, 2.05) is 14.0 Å². The average Bonchev–Trinajstić information content (AvgIpc) is 2.93. The number of nitrogens with one attached hydrogen (secondary N) is 2. The lowest BCUT2D eigenvalue weighted by atomic mass is 10.0. The largest absolute Gasteiger partial charge is 0.309 e. The fourth-order valence-electron chi connectivity index (χ4n) is 2.02. The minimum absolute atomic E-state index is 0.0918. The Kier molecular flexibility index (Phi) is 3.98. The van der Waals surface area contributed by atoms with Crippen molar-refractivity contribution in [1.29, 1.82) is 0 Å². The molecule has 98 valence electrons. The van der Waals surface area contributed by atoms with E-state index in [1.54, 1.807) is 10.9 Å². The van der Waals surface area contributed by atoms with Crippen LogP contribution in [0, 0.1) is 6.92 Å². The van der Waals surface area contributed by atoms with Gasteiger partial charge in [-0.2, -0.15) is 20.5 Å². The summed E-state index contributed by atoms with van der Waals surface area (Å²) in [5.41, 5.74) is 2.89. The molecule has 0 aromatic carbocycles. The Morgan fingerprint density at radius 2 is 2.33 bits per heavy atom. The molecular formula is C11H17ClN6. The van der Waals surface area contributed by atoms with Crippen LogP contribution in [0.3, 0.4) is 0 Å². The van der Waals surface area contributed by atoms with Crippen LogP contribution in [-0.2, 0) is 13.5 Å². The van der Waals surface area contributed by atoms with E-state index in [0.717, 1.165) is 29.9 Å². The quantitative estimate of drug-likeness (QED) is 0.860. The predicted octanol–water partition coefficient (Wildman–Crippen LogP) is 1.39. The normalized spacial score (nSPS) is 12.9. The Morgan fingerprint density at radius 3 is 2.83 bits per heavy atom. The van der Waals surface area contributed by atoms with E-state index >= 15 is 0 Å². The van der Waals surface area contributed by atoms with Crippen molar-refractivity contribution in [2.45, 2.75) is 26.3 Å². The van der Waals surface area contributed by atoms with Crippen LogP contribution in [0.15, 0.2) is 6.20 Å².